The number of aliphatic hydroxyl groups is 2. The van der Waals surface area contributed by atoms with Crippen molar-refractivity contribution in [1.29, 1.82) is 0 Å². The maximum absolute atomic E-state index is 13.6. The average Bonchev–Trinajstić information content (AvgIpc) is 3.34. The predicted molar refractivity (Wildman–Crippen MR) is 180 cm³/mol. The number of esters is 1. The van der Waals surface area contributed by atoms with Crippen LogP contribution in [-0.2, 0) is 33.5 Å². The highest BCUT2D eigenvalue weighted by Crippen LogP contribution is 2.67. The molecule has 1 aromatic rings. The lowest BCUT2D eigenvalue weighted by molar-refractivity contribution is -0.184. The molecule has 0 radical (unpaired) electrons. The van der Waals surface area contributed by atoms with Crippen LogP contribution in [-0.4, -0.2) is 75.0 Å². The molecule has 4 aliphatic carbocycles. The summed E-state index contributed by atoms with van der Waals surface area (Å²) in [4.78, 5) is 76.0. The third-order valence-electron chi connectivity index (χ3n) is 12.4. The van der Waals surface area contributed by atoms with Crippen LogP contribution in [0.25, 0.3) is 0 Å². The van der Waals surface area contributed by atoms with E-state index in [1.807, 2.05) is 6.92 Å². The molecule has 3 saturated carbocycles. The van der Waals surface area contributed by atoms with Crippen molar-refractivity contribution in [2.75, 3.05) is 6.61 Å². The molecule has 0 aliphatic heterocycles. The molecule has 1 aromatic carbocycles. The molecule has 0 unspecified atom stereocenters. The van der Waals surface area contributed by atoms with E-state index < -0.39 is 71.3 Å². The molecule has 5 rings (SSSR count). The molecule has 4 aliphatic rings. The zero-order valence-corrected chi connectivity index (χ0v) is 29.3. The predicted octanol–water partition coefficient (Wildman–Crippen LogP) is 3.20. The number of hydrogen-bond donors (Lipinski definition) is 5. The first-order valence-corrected chi connectivity index (χ1v) is 17.7. The third-order valence-corrected chi connectivity index (χ3v) is 12.4. The van der Waals surface area contributed by atoms with Gasteiger partial charge in [-0.2, -0.15) is 0 Å². The van der Waals surface area contributed by atoms with E-state index in [1.54, 1.807) is 50.3 Å². The van der Waals surface area contributed by atoms with Gasteiger partial charge in [0.2, 0.25) is 17.6 Å². The van der Waals surface area contributed by atoms with E-state index in [1.165, 1.54) is 0 Å². The SMILES string of the molecule is CC(C)[C@H](NC(=O)CCC(=O)OCC(=O)[C@@]1(O)CC[C@H]2[C@@H]3CCC4=CC(=O)CC[C@]4(C)[C@H]3[C@H](O)C[C@@]21C)C(=O)N[C@@H](C(=O)O)c1ccccc1. The van der Waals surface area contributed by atoms with E-state index >= 15 is 0 Å². The molecule has 3 fully saturated rings. The minimum absolute atomic E-state index is 0.0233. The monoisotopic (exact) mass is 694 g/mol. The number of benzene rings is 1. The van der Waals surface area contributed by atoms with E-state index in [4.69, 9.17) is 4.74 Å². The van der Waals surface area contributed by atoms with Gasteiger partial charge in [-0.15, -0.1) is 0 Å². The van der Waals surface area contributed by atoms with Crippen molar-refractivity contribution in [3.8, 4) is 0 Å². The number of allylic oxidation sites excluding steroid dienone is 1. The summed E-state index contributed by atoms with van der Waals surface area (Å²) in [6.45, 7) is 6.69. The molecule has 5 N–H and O–H groups in total. The van der Waals surface area contributed by atoms with Crippen LogP contribution in [0.2, 0.25) is 0 Å². The van der Waals surface area contributed by atoms with Gasteiger partial charge in [0.15, 0.2) is 18.4 Å². The molecular weight excluding hydrogens is 644 g/mol. The summed E-state index contributed by atoms with van der Waals surface area (Å²) < 4.78 is 5.24. The van der Waals surface area contributed by atoms with Crippen molar-refractivity contribution < 1.29 is 48.8 Å². The summed E-state index contributed by atoms with van der Waals surface area (Å²) in [5.41, 5.74) is -1.56. The summed E-state index contributed by atoms with van der Waals surface area (Å²) >= 11 is 0. The summed E-state index contributed by atoms with van der Waals surface area (Å²) in [7, 11) is 0. The lowest BCUT2D eigenvalue weighted by Crippen LogP contribution is -2.62. The molecule has 12 heteroatoms. The first-order chi connectivity index (χ1) is 23.5. The van der Waals surface area contributed by atoms with Crippen LogP contribution >= 0.6 is 0 Å². The smallest absolute Gasteiger partial charge is 0.330 e. The van der Waals surface area contributed by atoms with E-state index in [9.17, 15) is 44.1 Å². The molecule has 0 aromatic heterocycles. The number of aliphatic hydroxyl groups excluding tert-OH is 1. The Morgan fingerprint density at radius 1 is 0.980 bits per heavy atom. The Balaban J connectivity index is 1.14. The second-order valence-electron chi connectivity index (χ2n) is 15.5. The Hall–Kier alpha value is -3.90. The van der Waals surface area contributed by atoms with E-state index in [0.29, 0.717) is 24.8 Å². The standard InChI is InChI=1S/C38H50N2O10/c1-21(2)32(34(46)40-33(35(47)48)22-8-6-5-7-9-22)39-29(44)12-13-30(45)50-20-28(43)38(49)17-15-26-25-11-10-23-18-24(41)14-16-36(23,3)31(25)27(42)19-37(26,38)4/h5-9,18,21,25-27,31-33,42,49H,10-17,19-20H2,1-4H3,(H,39,44)(H,40,46)(H,47,48)/t25-,26-,27+,31+,32-,33+,36-,37-,38-/m0/s1. The van der Waals surface area contributed by atoms with Gasteiger partial charge in [0.25, 0.3) is 0 Å². The molecule has 12 nitrogen and oxygen atoms in total. The van der Waals surface area contributed by atoms with Crippen molar-refractivity contribution in [1.82, 2.24) is 10.6 Å². The van der Waals surface area contributed by atoms with Crippen LogP contribution < -0.4 is 10.6 Å². The fourth-order valence-electron chi connectivity index (χ4n) is 9.65. The molecule has 0 bridgehead atoms. The second-order valence-corrected chi connectivity index (χ2v) is 15.5. The number of Topliss-reactive ketones (excluding diaryl/α,β-unsaturated/α-hetero) is 1. The molecular formula is C38H50N2O10. The van der Waals surface area contributed by atoms with Gasteiger partial charge in [-0.25, -0.2) is 4.79 Å². The number of fused-ring (bicyclic) bond motifs is 5. The highest BCUT2D eigenvalue weighted by Gasteiger charge is 2.68. The largest absolute Gasteiger partial charge is 0.479 e. The van der Waals surface area contributed by atoms with Crippen molar-refractivity contribution in [3.63, 3.8) is 0 Å². The van der Waals surface area contributed by atoms with Crippen LogP contribution in [0.4, 0.5) is 0 Å². The molecule has 0 saturated heterocycles. The van der Waals surface area contributed by atoms with E-state index in [2.05, 4.69) is 17.6 Å². The highest BCUT2D eigenvalue weighted by molar-refractivity contribution is 5.93. The van der Waals surface area contributed by atoms with Gasteiger partial charge in [0.1, 0.15) is 11.6 Å². The maximum Gasteiger partial charge on any atom is 0.330 e. The maximum atomic E-state index is 13.6. The van der Waals surface area contributed by atoms with Gasteiger partial charge in [-0.3, -0.25) is 24.0 Å². The van der Waals surface area contributed by atoms with Gasteiger partial charge in [-0.1, -0.05) is 63.6 Å². The number of carboxylic acids is 1. The molecule has 9 atom stereocenters. The van der Waals surface area contributed by atoms with Crippen LogP contribution in [0.1, 0.15) is 97.1 Å². The lowest BCUT2D eigenvalue weighted by Gasteiger charge is -2.60. The number of carboxylic acid groups (broad SMARTS) is 1. The van der Waals surface area contributed by atoms with Crippen LogP contribution in [0.3, 0.4) is 0 Å². The van der Waals surface area contributed by atoms with E-state index in [0.717, 1.165) is 18.4 Å². The highest BCUT2D eigenvalue weighted by atomic mass is 16.5. The van der Waals surface area contributed by atoms with Gasteiger partial charge >= 0.3 is 11.9 Å². The Morgan fingerprint density at radius 3 is 2.34 bits per heavy atom. The molecule has 50 heavy (non-hydrogen) atoms. The third kappa shape index (κ3) is 6.88. The topological polar surface area (TPSA) is 196 Å². The number of ether oxygens (including phenoxy) is 1. The van der Waals surface area contributed by atoms with Crippen molar-refractivity contribution >= 4 is 35.3 Å². The number of ketones is 2. The number of aliphatic carboxylic acids is 1. The van der Waals surface area contributed by atoms with Gasteiger partial charge in [0, 0.05) is 18.3 Å². The van der Waals surface area contributed by atoms with E-state index in [-0.39, 0.29) is 54.6 Å². The Kier molecular flexibility index (Phi) is 10.7. The van der Waals surface area contributed by atoms with Crippen molar-refractivity contribution in [2.45, 2.75) is 109 Å². The number of carbonyl (C=O) groups excluding carboxylic acids is 5. The number of carbonyl (C=O) groups is 6. The minimum Gasteiger partial charge on any atom is -0.479 e. The van der Waals surface area contributed by atoms with Crippen molar-refractivity contribution in [3.05, 3.63) is 47.5 Å². The van der Waals surface area contributed by atoms with Crippen LogP contribution in [0, 0.1) is 34.5 Å². The molecule has 2 amide bonds. The normalized spacial score (nSPS) is 32.8. The Labute approximate surface area is 292 Å². The summed E-state index contributed by atoms with van der Waals surface area (Å²) in [6.07, 6.45) is 3.91. The summed E-state index contributed by atoms with van der Waals surface area (Å²) in [6, 6.07) is 5.77. The molecule has 272 valence electrons. The average molecular weight is 695 g/mol. The zero-order chi connectivity index (χ0) is 36.6. The first kappa shape index (κ1) is 37.4. The molecule has 0 spiro atoms. The second kappa shape index (κ2) is 14.4. The van der Waals surface area contributed by atoms with Gasteiger partial charge in [-0.05, 0) is 79.3 Å². The Morgan fingerprint density at radius 2 is 1.68 bits per heavy atom. The van der Waals surface area contributed by atoms with Gasteiger partial charge in [0.05, 0.1) is 12.5 Å². The quantitative estimate of drug-likeness (QED) is 0.203. The minimum atomic E-state index is -1.80. The van der Waals surface area contributed by atoms with Crippen LogP contribution in [0.15, 0.2) is 42.0 Å². The summed E-state index contributed by atoms with van der Waals surface area (Å²) in [5, 5.41) is 38.2. The molecule has 0 heterocycles. The number of hydrogen-bond acceptors (Lipinski definition) is 9. The van der Waals surface area contributed by atoms with Gasteiger partial charge < -0.3 is 30.7 Å². The zero-order valence-electron chi connectivity index (χ0n) is 29.3. The number of amides is 2. The number of rotatable bonds is 12. The fraction of sp³-hybridized carbons (Fsp3) is 0.632. The lowest BCUT2D eigenvalue weighted by atomic mass is 9.45. The van der Waals surface area contributed by atoms with Crippen molar-refractivity contribution in [2.24, 2.45) is 34.5 Å². The number of nitrogens with one attached hydrogen (secondary N) is 2. The summed E-state index contributed by atoms with van der Waals surface area (Å²) in [5.74, 6) is -4.35. The van der Waals surface area contributed by atoms with Crippen LogP contribution in [0.5, 0.6) is 0 Å². The fourth-order valence-corrected chi connectivity index (χ4v) is 9.65. The first-order valence-electron chi connectivity index (χ1n) is 17.7. The Bertz CT molecular complexity index is 1560.